The lowest BCUT2D eigenvalue weighted by Crippen LogP contribution is -2.47. The van der Waals surface area contributed by atoms with Crippen LogP contribution in [0.3, 0.4) is 0 Å². The van der Waals surface area contributed by atoms with Crippen molar-refractivity contribution >= 4 is 70.3 Å². The first-order chi connectivity index (χ1) is 21.7. The van der Waals surface area contributed by atoms with Crippen LogP contribution in [0.2, 0.25) is 0 Å². The minimum Gasteiger partial charge on any atom is -0.400 e. The average molecular weight is 695 g/mol. The Morgan fingerprint density at radius 2 is 1.53 bits per heavy atom. The molecule has 1 radical (unpaired) electrons. The first-order valence-electron chi connectivity index (χ1n) is 14.7. The number of hydrogen-bond acceptors (Lipinski definition) is 5. The highest BCUT2D eigenvalue weighted by Gasteiger charge is 2.37. The van der Waals surface area contributed by atoms with Crippen molar-refractivity contribution in [2.75, 3.05) is 16.1 Å². The van der Waals surface area contributed by atoms with Gasteiger partial charge in [0, 0.05) is 16.2 Å². The number of carbonyl (C=O) groups is 1. The highest BCUT2D eigenvalue weighted by Crippen LogP contribution is 2.41. The van der Waals surface area contributed by atoms with Crippen molar-refractivity contribution < 1.29 is 9.22 Å². The van der Waals surface area contributed by atoms with Crippen LogP contribution in [0.15, 0.2) is 125 Å². The molecule has 45 heavy (non-hydrogen) atoms. The summed E-state index contributed by atoms with van der Waals surface area (Å²) in [6, 6.07) is 36.7. The normalized spacial score (nSPS) is 14.0. The fourth-order valence-electron chi connectivity index (χ4n) is 5.50. The molecule has 0 spiro atoms. The highest BCUT2D eigenvalue weighted by molar-refractivity contribution is 9.10. The second-order valence-electron chi connectivity index (χ2n) is 11.9. The summed E-state index contributed by atoms with van der Waals surface area (Å²) in [5.74, 6) is 0.603. The molecule has 2 amide bonds. The molecule has 6 rings (SSSR count). The Bertz CT molecular complexity index is 1760. The van der Waals surface area contributed by atoms with Crippen LogP contribution in [0.4, 0.5) is 22.0 Å². The number of amides is 2. The summed E-state index contributed by atoms with van der Waals surface area (Å²) in [7, 11) is -1.60. The van der Waals surface area contributed by atoms with Crippen LogP contribution in [0.25, 0.3) is 0 Å². The van der Waals surface area contributed by atoms with Crippen LogP contribution in [0.5, 0.6) is 0 Å². The zero-order valence-corrected chi connectivity index (χ0v) is 29.0. The number of anilines is 3. The Labute approximate surface area is 279 Å². The number of benzene rings is 4. The third-order valence-electron chi connectivity index (χ3n) is 7.63. The molecule has 2 heterocycles. The fraction of sp³-hybridized carbons (Fsp3) is 0.194. The van der Waals surface area contributed by atoms with E-state index < -0.39 is 9.04 Å². The summed E-state index contributed by atoms with van der Waals surface area (Å²) >= 11 is 5.11. The lowest BCUT2D eigenvalue weighted by Gasteiger charge is -2.37. The largest absolute Gasteiger partial charge is 0.400 e. The van der Waals surface area contributed by atoms with Gasteiger partial charge in [0.05, 0.1) is 24.0 Å². The maximum absolute atomic E-state index is 14.4. The number of halogens is 1. The number of para-hydroxylation sites is 1. The van der Waals surface area contributed by atoms with E-state index >= 15 is 0 Å². The Balaban J connectivity index is 1.44. The molecule has 4 aromatic carbocycles. The van der Waals surface area contributed by atoms with E-state index in [-0.39, 0.29) is 17.6 Å². The highest BCUT2D eigenvalue weighted by atomic mass is 79.9. The van der Waals surface area contributed by atoms with E-state index in [9.17, 15) is 4.79 Å². The van der Waals surface area contributed by atoms with E-state index in [1.807, 2.05) is 61.0 Å². The van der Waals surface area contributed by atoms with E-state index in [2.05, 4.69) is 102 Å². The summed E-state index contributed by atoms with van der Waals surface area (Å²) in [5, 5.41) is 2.99. The Morgan fingerprint density at radius 1 is 0.889 bits per heavy atom. The predicted octanol–water partition coefficient (Wildman–Crippen LogP) is 8.15. The standard InChI is InChI=1S/C36H34BrN4O2SSi/c1-36(2,3)32(43-45(28-16-7-5-8-17-28)29-18-9-6-10-19-29)25-14-13-15-27(22-25)41-33-26(23-38-34(39-33)44-4)24-40(35(41)42)31-21-12-11-20-30(31)37/h5-23,32H,24H2,1-4H3. The van der Waals surface area contributed by atoms with Crippen molar-refractivity contribution in [3.63, 3.8) is 0 Å². The van der Waals surface area contributed by atoms with E-state index in [1.54, 1.807) is 9.80 Å². The predicted molar refractivity (Wildman–Crippen MR) is 189 cm³/mol. The van der Waals surface area contributed by atoms with Crippen LogP contribution >= 0.6 is 27.7 Å². The maximum atomic E-state index is 14.4. The molecule has 1 unspecified atom stereocenters. The Hall–Kier alpha value is -3.76. The second kappa shape index (κ2) is 13.3. The quantitative estimate of drug-likeness (QED) is 0.0933. The van der Waals surface area contributed by atoms with Gasteiger partial charge in [-0.15, -0.1) is 0 Å². The average Bonchev–Trinajstić information content (AvgIpc) is 3.05. The van der Waals surface area contributed by atoms with E-state index in [4.69, 9.17) is 9.41 Å². The fourth-order valence-corrected chi connectivity index (χ4v) is 8.65. The summed E-state index contributed by atoms with van der Waals surface area (Å²) in [6.45, 7) is 6.98. The molecule has 0 saturated carbocycles. The zero-order valence-electron chi connectivity index (χ0n) is 25.6. The number of thioether (sulfide) groups is 1. The molecular weight excluding hydrogens is 660 g/mol. The number of rotatable bonds is 8. The van der Waals surface area contributed by atoms with E-state index in [0.29, 0.717) is 17.5 Å². The molecule has 5 aromatic rings. The van der Waals surface area contributed by atoms with Crippen molar-refractivity contribution in [1.82, 2.24) is 9.97 Å². The van der Waals surface area contributed by atoms with E-state index in [1.165, 1.54) is 22.1 Å². The first-order valence-corrected chi connectivity index (χ1v) is 18.2. The topological polar surface area (TPSA) is 58.6 Å². The molecular formula is C36H34BrN4O2SSi. The van der Waals surface area contributed by atoms with Gasteiger partial charge < -0.3 is 4.43 Å². The summed E-state index contributed by atoms with van der Waals surface area (Å²) in [6.07, 6.45) is 3.52. The molecule has 0 saturated heterocycles. The van der Waals surface area contributed by atoms with Crippen LogP contribution < -0.4 is 20.2 Å². The minimum atomic E-state index is -1.60. The first kappa shape index (κ1) is 31.2. The third-order valence-corrected chi connectivity index (χ3v) is 11.1. The van der Waals surface area contributed by atoms with Gasteiger partial charge in [-0.1, -0.05) is 117 Å². The smallest absolute Gasteiger partial charge is 0.335 e. The maximum Gasteiger partial charge on any atom is 0.335 e. The molecule has 0 N–H and O–H groups in total. The van der Waals surface area contributed by atoms with Crippen molar-refractivity contribution in [2.24, 2.45) is 5.41 Å². The van der Waals surface area contributed by atoms with Crippen LogP contribution in [0, 0.1) is 5.41 Å². The van der Waals surface area contributed by atoms with Gasteiger partial charge in [0.1, 0.15) is 0 Å². The molecule has 0 fully saturated rings. The number of hydrogen-bond donors (Lipinski definition) is 0. The van der Waals surface area contributed by atoms with Gasteiger partial charge in [-0.05, 0) is 67.8 Å². The van der Waals surface area contributed by atoms with Gasteiger partial charge >= 0.3 is 6.03 Å². The molecule has 6 nitrogen and oxygen atoms in total. The van der Waals surface area contributed by atoms with Crippen LogP contribution in [-0.2, 0) is 11.0 Å². The third kappa shape index (κ3) is 6.62. The molecule has 9 heteroatoms. The molecule has 1 aromatic heterocycles. The summed E-state index contributed by atoms with van der Waals surface area (Å²) < 4.78 is 8.05. The molecule has 1 atom stereocenters. The summed E-state index contributed by atoms with van der Waals surface area (Å²) in [4.78, 5) is 27.3. The number of aromatic nitrogens is 2. The number of urea groups is 1. The van der Waals surface area contributed by atoms with Gasteiger partial charge in [0.15, 0.2) is 11.0 Å². The van der Waals surface area contributed by atoms with Crippen molar-refractivity contribution in [1.29, 1.82) is 0 Å². The molecule has 1 aliphatic heterocycles. The van der Waals surface area contributed by atoms with Crippen molar-refractivity contribution in [3.8, 4) is 0 Å². The van der Waals surface area contributed by atoms with Crippen molar-refractivity contribution in [2.45, 2.75) is 38.6 Å². The Morgan fingerprint density at radius 3 is 2.16 bits per heavy atom. The monoisotopic (exact) mass is 693 g/mol. The number of nitrogens with zero attached hydrogens (tertiary/aromatic N) is 4. The van der Waals surface area contributed by atoms with Gasteiger partial charge in [-0.3, -0.25) is 4.90 Å². The summed E-state index contributed by atoms with van der Waals surface area (Å²) in [5.41, 5.74) is 3.15. The van der Waals surface area contributed by atoms with Crippen LogP contribution in [0.1, 0.15) is 38.0 Å². The molecule has 227 valence electrons. The molecule has 0 aliphatic carbocycles. The SMILES string of the molecule is CSc1ncc2c(n1)N(c1cccc(C(O[Si](c3ccccc3)c3ccccc3)C(C)(C)C)c1)C(=O)N(c1ccccc1Br)C2. The lowest BCUT2D eigenvalue weighted by atomic mass is 9.84. The van der Waals surface area contributed by atoms with Gasteiger partial charge in [-0.25, -0.2) is 19.7 Å². The number of fused-ring (bicyclic) bond motifs is 1. The van der Waals surface area contributed by atoms with Crippen molar-refractivity contribution in [3.05, 3.63) is 131 Å². The van der Waals surface area contributed by atoms with Crippen LogP contribution in [-0.4, -0.2) is 31.3 Å². The Kier molecular flexibility index (Phi) is 9.23. The molecule has 1 aliphatic rings. The number of carbonyl (C=O) groups excluding carboxylic acids is 1. The molecule has 0 bridgehead atoms. The van der Waals surface area contributed by atoms with Gasteiger partial charge in [0.25, 0.3) is 9.04 Å². The van der Waals surface area contributed by atoms with Gasteiger partial charge in [0.2, 0.25) is 0 Å². The van der Waals surface area contributed by atoms with Gasteiger partial charge in [-0.2, -0.15) is 0 Å². The lowest BCUT2D eigenvalue weighted by molar-refractivity contribution is 0.0897. The second-order valence-corrected chi connectivity index (χ2v) is 15.6. The minimum absolute atomic E-state index is 0.177. The van der Waals surface area contributed by atoms with E-state index in [0.717, 1.165) is 27.0 Å². The zero-order chi connectivity index (χ0) is 31.6.